The van der Waals surface area contributed by atoms with Crippen LogP contribution in [0.4, 0.5) is 0 Å². The van der Waals surface area contributed by atoms with E-state index in [9.17, 15) is 10.2 Å². The Balaban J connectivity index is 1.48. The maximum atomic E-state index is 9.78. The zero-order valence-electron chi connectivity index (χ0n) is 27.6. The van der Waals surface area contributed by atoms with E-state index >= 15 is 0 Å². The molecule has 6 rings (SSSR count). The van der Waals surface area contributed by atoms with Crippen molar-refractivity contribution in [3.8, 4) is 11.5 Å². The second kappa shape index (κ2) is 15.9. The first-order chi connectivity index (χ1) is 22.6. The zero-order valence-corrected chi connectivity index (χ0v) is 28.4. The lowest BCUT2D eigenvalue weighted by molar-refractivity contribution is -0.223. The first-order valence-electron chi connectivity index (χ1n) is 17.7. The molecular formula is C37H54N2O6S. The van der Waals surface area contributed by atoms with E-state index in [1.54, 1.807) is 7.11 Å². The number of rotatable bonds is 18. The van der Waals surface area contributed by atoms with Crippen molar-refractivity contribution in [2.75, 3.05) is 53.2 Å². The molecule has 3 aliphatic carbocycles. The van der Waals surface area contributed by atoms with Gasteiger partial charge in [-0.3, -0.25) is 4.90 Å². The number of aliphatic hydroxyl groups is 2. The number of benzene rings is 1. The molecule has 1 aromatic rings. The molecule has 2 heterocycles. The van der Waals surface area contributed by atoms with Gasteiger partial charge in [-0.25, -0.2) is 0 Å². The molecule has 6 atom stereocenters. The highest BCUT2D eigenvalue weighted by molar-refractivity contribution is 8.00. The number of nitrogens with zero attached hydrogens (tertiary/aromatic N) is 2. The Morgan fingerprint density at radius 3 is 2.61 bits per heavy atom. The zero-order chi connectivity index (χ0) is 31.9. The molecule has 0 spiro atoms. The maximum Gasteiger partial charge on any atom is 0.230 e. The highest BCUT2D eigenvalue weighted by Crippen LogP contribution is 2.63. The second-order valence-corrected chi connectivity index (χ2v) is 15.2. The molecule has 2 aliphatic heterocycles. The molecule has 0 aromatic heterocycles. The molecule has 254 valence electrons. The summed E-state index contributed by atoms with van der Waals surface area (Å²) < 4.78 is 20.6. The summed E-state index contributed by atoms with van der Waals surface area (Å²) in [6.07, 6.45) is 15.5. The van der Waals surface area contributed by atoms with Gasteiger partial charge in [0.05, 0.1) is 23.5 Å². The molecule has 0 bridgehead atoms. The number of hydrogen-bond donors (Lipinski definition) is 2. The van der Waals surface area contributed by atoms with E-state index in [1.165, 1.54) is 36.8 Å². The topological polar surface area (TPSA) is 92.8 Å². The summed E-state index contributed by atoms with van der Waals surface area (Å²) in [7, 11) is 1.65. The fourth-order valence-corrected chi connectivity index (χ4v) is 10.3. The van der Waals surface area contributed by atoms with E-state index < -0.39 is 5.79 Å². The third kappa shape index (κ3) is 7.34. The lowest BCUT2D eigenvalue weighted by atomic mass is 9.56. The van der Waals surface area contributed by atoms with E-state index in [0.717, 1.165) is 75.4 Å². The van der Waals surface area contributed by atoms with Crippen LogP contribution in [0.1, 0.15) is 82.1 Å². The van der Waals surface area contributed by atoms with Gasteiger partial charge in [0.1, 0.15) is 25.2 Å². The van der Waals surface area contributed by atoms with Crippen molar-refractivity contribution in [3.63, 3.8) is 0 Å². The minimum atomic E-state index is -0.884. The Morgan fingerprint density at radius 1 is 1.11 bits per heavy atom. The highest BCUT2D eigenvalue weighted by Gasteiger charge is 2.64. The number of thioether (sulfide) groups is 1. The van der Waals surface area contributed by atoms with Crippen molar-refractivity contribution in [1.29, 1.82) is 0 Å². The van der Waals surface area contributed by atoms with Gasteiger partial charge in [-0.15, -0.1) is 18.3 Å². The molecule has 9 heteroatoms. The van der Waals surface area contributed by atoms with Gasteiger partial charge in [0.15, 0.2) is 0 Å². The molecule has 0 unspecified atom stereocenters. The first kappa shape index (κ1) is 33.8. The van der Waals surface area contributed by atoms with Crippen LogP contribution < -0.4 is 9.47 Å². The number of hydrogen-bond acceptors (Lipinski definition) is 9. The smallest absolute Gasteiger partial charge is 0.230 e. The molecule has 0 radical (unpaired) electrons. The standard InChI is InChI=1S/C37H54N2O6S/c1-3-21-44-37-34(46-28-11-4-5-12-28)25-32(38-42-2)30-23-26(10-6-8-19-40)29(13-7-9-20-41)35(36(30)37)31-24-27(14-15-33(31)45-37)43-22-18-39-16-17-39/h3,14-15,23-24,26,28-29,34-36,40-41H,1,4-13,16-22,25H2,2H3/t26-,29+,34-,35+,36+,37+/m0/s1. The van der Waals surface area contributed by atoms with Crippen molar-refractivity contribution in [2.24, 2.45) is 22.9 Å². The summed E-state index contributed by atoms with van der Waals surface area (Å²) in [6.45, 7) is 8.76. The number of oxime groups is 1. The Morgan fingerprint density at radius 2 is 1.89 bits per heavy atom. The van der Waals surface area contributed by atoms with E-state index in [2.05, 4.69) is 35.8 Å². The van der Waals surface area contributed by atoms with Gasteiger partial charge in [0.25, 0.3) is 0 Å². The van der Waals surface area contributed by atoms with Crippen LogP contribution >= 0.6 is 11.8 Å². The van der Waals surface area contributed by atoms with Gasteiger partial charge in [0, 0.05) is 56.0 Å². The summed E-state index contributed by atoms with van der Waals surface area (Å²) in [5.74, 6) is 1.50. The van der Waals surface area contributed by atoms with Crippen molar-refractivity contribution < 1.29 is 29.3 Å². The van der Waals surface area contributed by atoms with E-state index in [-0.39, 0.29) is 36.2 Å². The molecule has 2 N–H and O–H groups in total. The predicted octanol–water partition coefficient (Wildman–Crippen LogP) is 6.32. The third-order valence-corrected chi connectivity index (χ3v) is 12.4. The number of fused-ring (bicyclic) bond motifs is 2. The molecule has 1 saturated heterocycles. The van der Waals surface area contributed by atoms with Gasteiger partial charge in [0.2, 0.25) is 5.79 Å². The SMILES string of the molecule is C=CCO[C@@]12Oc3ccc(OCCN4CC4)cc3[C@H]3[C@H](CCCCO)[C@@H](CCCCO)C=C(C(=NOC)C[C@@H]1SC1CCCC1)[C@H]32. The lowest BCUT2D eigenvalue weighted by Crippen LogP contribution is -2.64. The average molecular weight is 655 g/mol. The van der Waals surface area contributed by atoms with Crippen LogP contribution in [0.2, 0.25) is 0 Å². The minimum absolute atomic E-state index is 0.0369. The Labute approximate surface area is 279 Å². The van der Waals surface area contributed by atoms with Gasteiger partial charge in [-0.2, -0.15) is 0 Å². The van der Waals surface area contributed by atoms with Crippen LogP contribution in [-0.2, 0) is 9.57 Å². The minimum Gasteiger partial charge on any atom is -0.492 e. The van der Waals surface area contributed by atoms with Crippen LogP contribution in [0.3, 0.4) is 0 Å². The highest BCUT2D eigenvalue weighted by atomic mass is 32.2. The van der Waals surface area contributed by atoms with Crippen molar-refractivity contribution in [3.05, 3.63) is 48.1 Å². The van der Waals surface area contributed by atoms with Crippen LogP contribution in [-0.4, -0.2) is 90.3 Å². The second-order valence-electron chi connectivity index (χ2n) is 13.7. The summed E-state index contributed by atoms with van der Waals surface area (Å²) in [6, 6.07) is 6.39. The van der Waals surface area contributed by atoms with Crippen LogP contribution in [0.5, 0.6) is 11.5 Å². The van der Waals surface area contributed by atoms with Gasteiger partial charge in [-0.05, 0) is 74.1 Å². The van der Waals surface area contributed by atoms with Crippen molar-refractivity contribution in [2.45, 2.75) is 92.8 Å². The van der Waals surface area contributed by atoms with Crippen LogP contribution in [0.25, 0.3) is 0 Å². The van der Waals surface area contributed by atoms with Gasteiger partial charge >= 0.3 is 0 Å². The Bertz CT molecular complexity index is 1230. The largest absolute Gasteiger partial charge is 0.492 e. The molecular weight excluding hydrogens is 600 g/mol. The first-order valence-corrected chi connectivity index (χ1v) is 18.7. The van der Waals surface area contributed by atoms with Crippen LogP contribution in [0, 0.1) is 17.8 Å². The Hall–Kier alpha value is -2.04. The third-order valence-electron chi connectivity index (χ3n) is 10.7. The van der Waals surface area contributed by atoms with Crippen LogP contribution in [0.15, 0.2) is 47.7 Å². The fraction of sp³-hybridized carbons (Fsp3) is 0.703. The van der Waals surface area contributed by atoms with Crippen molar-refractivity contribution >= 4 is 17.5 Å². The number of ether oxygens (including phenoxy) is 3. The summed E-state index contributed by atoms with van der Waals surface area (Å²) in [5, 5.41) is 24.8. The van der Waals surface area contributed by atoms with Gasteiger partial charge in [-0.1, -0.05) is 43.0 Å². The number of unbranched alkanes of at least 4 members (excludes halogenated alkanes) is 2. The summed E-state index contributed by atoms with van der Waals surface area (Å²) >= 11 is 2.03. The predicted molar refractivity (Wildman–Crippen MR) is 184 cm³/mol. The fourth-order valence-electron chi connectivity index (χ4n) is 8.49. The van der Waals surface area contributed by atoms with Crippen molar-refractivity contribution in [1.82, 2.24) is 4.90 Å². The molecule has 3 fully saturated rings. The van der Waals surface area contributed by atoms with Gasteiger partial charge < -0.3 is 29.3 Å². The quantitative estimate of drug-likeness (QED) is 0.0823. The number of allylic oxidation sites excluding steroid dienone is 1. The average Bonchev–Trinajstić information content (AvgIpc) is 3.75. The monoisotopic (exact) mass is 654 g/mol. The molecule has 2 saturated carbocycles. The summed E-state index contributed by atoms with van der Waals surface area (Å²) in [4.78, 5) is 7.91. The summed E-state index contributed by atoms with van der Waals surface area (Å²) in [5.41, 5.74) is 3.37. The molecule has 0 amide bonds. The lowest BCUT2D eigenvalue weighted by Gasteiger charge is -2.58. The van der Waals surface area contributed by atoms with E-state index in [4.69, 9.17) is 24.2 Å². The molecule has 8 nitrogen and oxygen atoms in total. The molecule has 1 aromatic carbocycles. The van der Waals surface area contributed by atoms with E-state index in [1.807, 2.05) is 17.8 Å². The number of aliphatic hydroxyl groups excluding tert-OH is 2. The normalized spacial score (nSPS) is 31.2. The Kier molecular flexibility index (Phi) is 11.7. The molecule has 46 heavy (non-hydrogen) atoms. The van der Waals surface area contributed by atoms with E-state index in [0.29, 0.717) is 30.8 Å². The maximum absolute atomic E-state index is 9.78. The molecule has 5 aliphatic rings.